The second-order valence-corrected chi connectivity index (χ2v) is 11.1. The molecule has 3 aromatic heterocycles. The molecule has 1 aliphatic rings. The highest BCUT2D eigenvalue weighted by molar-refractivity contribution is 7.90. The van der Waals surface area contributed by atoms with E-state index in [0.29, 0.717) is 16.8 Å². The first-order chi connectivity index (χ1) is 15.7. The molecule has 1 amide bonds. The zero-order valence-electron chi connectivity index (χ0n) is 18.4. The number of anilines is 1. The number of aryl methyl sites for hydroxylation is 1. The van der Waals surface area contributed by atoms with Crippen molar-refractivity contribution in [3.8, 4) is 0 Å². The van der Waals surface area contributed by atoms with E-state index in [0.717, 1.165) is 40.4 Å². The van der Waals surface area contributed by atoms with Gasteiger partial charge < -0.3 is 10.8 Å². The van der Waals surface area contributed by atoms with E-state index < -0.39 is 16.1 Å². The number of rotatable bonds is 8. The molecular formula is C21H26N6O4S2. The summed E-state index contributed by atoms with van der Waals surface area (Å²) in [5.74, 6) is -0.338. The van der Waals surface area contributed by atoms with Crippen molar-refractivity contribution in [3.05, 3.63) is 46.2 Å². The molecule has 0 aromatic carbocycles. The van der Waals surface area contributed by atoms with Gasteiger partial charge in [0, 0.05) is 38.5 Å². The number of aliphatic hydroxyl groups is 1. The molecule has 0 bridgehead atoms. The zero-order valence-corrected chi connectivity index (χ0v) is 20.0. The third-order valence-electron chi connectivity index (χ3n) is 5.87. The number of thiazole rings is 1. The number of carbonyl (C=O) groups excluding carboxylic acids is 1. The molecule has 0 saturated carbocycles. The van der Waals surface area contributed by atoms with Gasteiger partial charge in [0.25, 0.3) is 5.91 Å². The van der Waals surface area contributed by atoms with E-state index in [1.165, 1.54) is 25.4 Å². The van der Waals surface area contributed by atoms with E-state index in [4.69, 9.17) is 10.7 Å². The fourth-order valence-electron chi connectivity index (χ4n) is 4.23. The molecule has 0 radical (unpaired) electrons. The molecule has 12 heteroatoms. The Hall–Kier alpha value is -2.67. The van der Waals surface area contributed by atoms with Crippen LogP contribution < -0.4 is 10.5 Å². The number of aliphatic hydroxyl groups excluding tert-OH is 1. The average molecular weight is 491 g/mol. The predicted octanol–water partition coefficient (Wildman–Crippen LogP) is 1.99. The molecule has 0 fully saturated rings. The van der Waals surface area contributed by atoms with E-state index in [-0.39, 0.29) is 29.3 Å². The summed E-state index contributed by atoms with van der Waals surface area (Å²) < 4.78 is 27.6. The van der Waals surface area contributed by atoms with Gasteiger partial charge in [0.15, 0.2) is 5.01 Å². The highest BCUT2D eigenvalue weighted by Crippen LogP contribution is 2.43. The third-order valence-corrected chi connectivity index (χ3v) is 8.28. The van der Waals surface area contributed by atoms with Crippen LogP contribution in [0.5, 0.6) is 0 Å². The second kappa shape index (κ2) is 9.29. The van der Waals surface area contributed by atoms with Gasteiger partial charge in [0.05, 0.1) is 0 Å². The summed E-state index contributed by atoms with van der Waals surface area (Å²) in [4.78, 5) is 25.7. The maximum atomic E-state index is 12.1. The lowest BCUT2D eigenvalue weighted by atomic mass is 9.74. The molecule has 1 unspecified atom stereocenters. The summed E-state index contributed by atoms with van der Waals surface area (Å²) in [6, 6.07) is 5.45. The summed E-state index contributed by atoms with van der Waals surface area (Å²) in [6.45, 7) is 0.000134. The van der Waals surface area contributed by atoms with Crippen LogP contribution in [0.4, 0.5) is 5.82 Å². The van der Waals surface area contributed by atoms with Crippen molar-refractivity contribution >= 4 is 43.6 Å². The van der Waals surface area contributed by atoms with E-state index in [9.17, 15) is 18.3 Å². The van der Waals surface area contributed by atoms with Crippen molar-refractivity contribution in [3.63, 3.8) is 0 Å². The zero-order chi connectivity index (χ0) is 23.8. The normalized spacial score (nSPS) is 17.2. The number of amides is 1. The van der Waals surface area contributed by atoms with E-state index in [1.54, 1.807) is 12.3 Å². The molecule has 0 saturated heterocycles. The van der Waals surface area contributed by atoms with E-state index in [2.05, 4.69) is 14.7 Å². The third kappa shape index (κ3) is 4.83. The van der Waals surface area contributed by atoms with Crippen LogP contribution in [0.3, 0.4) is 0 Å². The topological polar surface area (TPSA) is 151 Å². The SMILES string of the molecule is CN(C)S(=O)(=O)Nc1ccc([C@H](CCO)C2CCCc3cc4nc(C(N)=O)sc4nc32)cn1. The van der Waals surface area contributed by atoms with Gasteiger partial charge in [-0.05, 0) is 54.9 Å². The van der Waals surface area contributed by atoms with Gasteiger partial charge in [-0.1, -0.05) is 17.4 Å². The van der Waals surface area contributed by atoms with Gasteiger partial charge in [-0.2, -0.15) is 12.7 Å². The minimum Gasteiger partial charge on any atom is -0.396 e. The van der Waals surface area contributed by atoms with Gasteiger partial charge in [-0.25, -0.2) is 15.0 Å². The second-order valence-electron chi connectivity index (χ2n) is 8.22. The van der Waals surface area contributed by atoms with Crippen LogP contribution in [0.2, 0.25) is 0 Å². The van der Waals surface area contributed by atoms with Crippen LogP contribution in [0.15, 0.2) is 24.4 Å². The monoisotopic (exact) mass is 490 g/mol. The van der Waals surface area contributed by atoms with Crippen LogP contribution >= 0.6 is 11.3 Å². The molecule has 1 aliphatic carbocycles. The molecule has 4 N–H and O–H groups in total. The Morgan fingerprint density at radius 1 is 1.36 bits per heavy atom. The molecule has 3 aromatic rings. The Balaban J connectivity index is 1.67. The summed E-state index contributed by atoms with van der Waals surface area (Å²) in [5.41, 5.74) is 9.00. The Morgan fingerprint density at radius 2 is 2.15 bits per heavy atom. The number of nitrogens with one attached hydrogen (secondary N) is 1. The molecule has 0 aliphatic heterocycles. The van der Waals surface area contributed by atoms with E-state index >= 15 is 0 Å². The Labute approximate surface area is 196 Å². The standard InChI is InChI=1S/C21H26N6O4S2/c1-27(2)33(30,31)26-17-7-6-13(11-23-17)14(8-9-28)15-5-3-4-12-10-16-20(25-18(12)15)32-21(24-16)19(22)29/h6-7,10-11,14-15,28H,3-5,8-9H2,1-2H3,(H2,22,29)(H,23,26)/t14-,15?/m0/s1. The number of aromatic nitrogens is 3. The number of primary amides is 1. The first-order valence-corrected chi connectivity index (χ1v) is 12.8. The Kier molecular flexibility index (Phi) is 6.61. The van der Waals surface area contributed by atoms with Crippen molar-refractivity contribution in [2.75, 3.05) is 25.4 Å². The van der Waals surface area contributed by atoms with Crippen molar-refractivity contribution in [2.45, 2.75) is 37.5 Å². The number of nitrogens with zero attached hydrogens (tertiary/aromatic N) is 4. The average Bonchev–Trinajstić information content (AvgIpc) is 3.19. The number of fused-ring (bicyclic) bond motifs is 2. The Morgan fingerprint density at radius 3 is 2.79 bits per heavy atom. The maximum absolute atomic E-state index is 12.1. The highest BCUT2D eigenvalue weighted by Gasteiger charge is 2.31. The lowest BCUT2D eigenvalue weighted by molar-refractivity contribution is 0.1000. The summed E-state index contributed by atoms with van der Waals surface area (Å²) in [5, 5.41) is 10.0. The fraction of sp³-hybridized carbons (Fsp3) is 0.429. The van der Waals surface area contributed by atoms with Crippen LogP contribution in [0.1, 0.15) is 57.7 Å². The number of carbonyl (C=O) groups is 1. The smallest absolute Gasteiger partial charge is 0.302 e. The molecule has 33 heavy (non-hydrogen) atoms. The molecule has 10 nitrogen and oxygen atoms in total. The summed E-state index contributed by atoms with van der Waals surface area (Å²) in [7, 11) is -0.770. The number of hydrogen-bond acceptors (Lipinski definition) is 8. The molecule has 4 rings (SSSR count). The van der Waals surface area contributed by atoms with Gasteiger partial charge in [-0.15, -0.1) is 0 Å². The summed E-state index contributed by atoms with van der Waals surface area (Å²) >= 11 is 1.18. The largest absolute Gasteiger partial charge is 0.396 e. The highest BCUT2D eigenvalue weighted by atomic mass is 32.2. The number of pyridine rings is 2. The molecule has 3 heterocycles. The maximum Gasteiger partial charge on any atom is 0.302 e. The van der Waals surface area contributed by atoms with Crippen LogP contribution in [0, 0.1) is 0 Å². The minimum absolute atomic E-state index is 0.000134. The molecule has 2 atom stereocenters. The minimum atomic E-state index is -3.65. The number of nitrogens with two attached hydrogens (primary N) is 1. The molecule has 0 spiro atoms. The predicted molar refractivity (Wildman–Crippen MR) is 127 cm³/mol. The van der Waals surface area contributed by atoms with Gasteiger partial charge in [0.2, 0.25) is 0 Å². The lowest BCUT2D eigenvalue weighted by Crippen LogP contribution is -2.29. The van der Waals surface area contributed by atoms with Gasteiger partial charge in [-0.3, -0.25) is 9.52 Å². The Bertz CT molecular complexity index is 1270. The van der Waals surface area contributed by atoms with Gasteiger partial charge in [0.1, 0.15) is 16.2 Å². The molecular weight excluding hydrogens is 464 g/mol. The quantitative estimate of drug-likeness (QED) is 0.437. The van der Waals surface area contributed by atoms with Crippen molar-refractivity contribution in [1.29, 1.82) is 0 Å². The van der Waals surface area contributed by atoms with Crippen LogP contribution in [-0.4, -0.2) is 59.4 Å². The fourth-order valence-corrected chi connectivity index (χ4v) is 5.58. The van der Waals surface area contributed by atoms with Gasteiger partial charge >= 0.3 is 10.2 Å². The number of hydrogen-bond donors (Lipinski definition) is 3. The summed E-state index contributed by atoms with van der Waals surface area (Å²) in [6.07, 6.45) is 4.90. The van der Waals surface area contributed by atoms with Crippen molar-refractivity contribution in [1.82, 2.24) is 19.3 Å². The first kappa shape index (κ1) is 23.5. The first-order valence-electron chi connectivity index (χ1n) is 10.6. The van der Waals surface area contributed by atoms with Crippen molar-refractivity contribution in [2.24, 2.45) is 5.73 Å². The molecule has 176 valence electrons. The van der Waals surface area contributed by atoms with Crippen LogP contribution in [0.25, 0.3) is 10.3 Å². The lowest BCUT2D eigenvalue weighted by Gasteiger charge is -2.31. The van der Waals surface area contributed by atoms with Crippen LogP contribution in [-0.2, 0) is 16.6 Å². The van der Waals surface area contributed by atoms with Crippen molar-refractivity contribution < 1.29 is 18.3 Å². The van der Waals surface area contributed by atoms with E-state index in [1.807, 2.05) is 12.1 Å².